The predicted octanol–water partition coefficient (Wildman–Crippen LogP) is 3.05. The minimum Gasteiger partial charge on any atom is -0.475 e. The fraction of sp³-hybridized carbons (Fsp3) is 0.231. The molecule has 1 aromatic carbocycles. The monoisotopic (exact) mass is 249 g/mol. The predicted molar refractivity (Wildman–Crippen MR) is 63.0 cm³/mol. The van der Waals surface area contributed by atoms with E-state index in [4.69, 9.17) is 9.52 Å². The van der Waals surface area contributed by atoms with E-state index in [1.54, 1.807) is 19.9 Å². The summed E-state index contributed by atoms with van der Waals surface area (Å²) in [6, 6.07) is 4.60. The number of rotatable bonds is 3. The van der Waals surface area contributed by atoms with Gasteiger partial charge in [0.2, 0.25) is 11.7 Å². The second-order valence-corrected chi connectivity index (χ2v) is 3.94. The Kier molecular flexibility index (Phi) is 3.14. The molecule has 0 spiro atoms. The molecule has 2 aromatic rings. The van der Waals surface area contributed by atoms with Crippen molar-refractivity contribution in [3.8, 4) is 11.5 Å². The molecule has 0 amide bonds. The van der Waals surface area contributed by atoms with Gasteiger partial charge in [-0.05, 0) is 31.0 Å². The van der Waals surface area contributed by atoms with Gasteiger partial charge in [-0.2, -0.15) is 0 Å². The lowest BCUT2D eigenvalue weighted by Crippen LogP contribution is -1.98. The summed E-state index contributed by atoms with van der Waals surface area (Å²) in [5.41, 5.74) is 1.26. The number of carboxylic acids is 1. The Hall–Kier alpha value is -2.17. The lowest BCUT2D eigenvalue weighted by atomic mass is 10.1. The van der Waals surface area contributed by atoms with Crippen molar-refractivity contribution in [1.82, 2.24) is 4.98 Å². The normalized spacial score (nSPS) is 10.6. The highest BCUT2D eigenvalue weighted by Crippen LogP contribution is 2.25. The molecule has 94 valence electrons. The summed E-state index contributed by atoms with van der Waals surface area (Å²) in [4.78, 5) is 15.0. The first-order valence-corrected chi connectivity index (χ1v) is 5.52. The van der Waals surface area contributed by atoms with Crippen LogP contribution >= 0.6 is 0 Å². The molecule has 0 saturated carbocycles. The van der Waals surface area contributed by atoms with Crippen LogP contribution < -0.4 is 0 Å². The van der Waals surface area contributed by atoms with E-state index in [2.05, 4.69) is 4.98 Å². The number of oxazole rings is 1. The lowest BCUT2D eigenvalue weighted by molar-refractivity contribution is 0.0661. The quantitative estimate of drug-likeness (QED) is 0.908. The van der Waals surface area contributed by atoms with Crippen LogP contribution in [0.4, 0.5) is 4.39 Å². The van der Waals surface area contributed by atoms with Gasteiger partial charge in [-0.15, -0.1) is 0 Å². The Morgan fingerprint density at radius 3 is 2.72 bits per heavy atom. The van der Waals surface area contributed by atoms with Crippen molar-refractivity contribution < 1.29 is 18.7 Å². The van der Waals surface area contributed by atoms with Crippen LogP contribution in [0.3, 0.4) is 0 Å². The Morgan fingerprint density at radius 2 is 2.22 bits per heavy atom. The van der Waals surface area contributed by atoms with E-state index in [1.807, 2.05) is 0 Å². The van der Waals surface area contributed by atoms with E-state index >= 15 is 0 Å². The Morgan fingerprint density at radius 1 is 1.50 bits per heavy atom. The molecule has 0 fully saturated rings. The SMILES string of the molecule is CCc1nc(-c2ccc(C)cc2F)oc1C(=O)O. The summed E-state index contributed by atoms with van der Waals surface area (Å²) in [5, 5.41) is 8.94. The van der Waals surface area contributed by atoms with Gasteiger partial charge < -0.3 is 9.52 Å². The van der Waals surface area contributed by atoms with Crippen molar-refractivity contribution in [3.63, 3.8) is 0 Å². The highest BCUT2D eigenvalue weighted by molar-refractivity contribution is 5.86. The van der Waals surface area contributed by atoms with Gasteiger partial charge in [-0.3, -0.25) is 0 Å². The highest BCUT2D eigenvalue weighted by atomic mass is 19.1. The molecule has 1 aromatic heterocycles. The second-order valence-electron chi connectivity index (χ2n) is 3.94. The number of nitrogens with zero attached hydrogens (tertiary/aromatic N) is 1. The molecule has 0 atom stereocenters. The fourth-order valence-corrected chi connectivity index (χ4v) is 1.67. The molecule has 0 unspecified atom stereocenters. The molecule has 5 heteroatoms. The molecular weight excluding hydrogens is 237 g/mol. The zero-order chi connectivity index (χ0) is 13.3. The van der Waals surface area contributed by atoms with Crippen LogP contribution in [-0.2, 0) is 6.42 Å². The topological polar surface area (TPSA) is 63.3 Å². The molecule has 18 heavy (non-hydrogen) atoms. The number of halogens is 1. The van der Waals surface area contributed by atoms with Crippen molar-refractivity contribution >= 4 is 5.97 Å². The summed E-state index contributed by atoms with van der Waals surface area (Å²) in [5.74, 6) is -1.90. The largest absolute Gasteiger partial charge is 0.475 e. The van der Waals surface area contributed by atoms with Gasteiger partial charge in [-0.1, -0.05) is 13.0 Å². The van der Waals surface area contributed by atoms with Crippen molar-refractivity contribution in [2.24, 2.45) is 0 Å². The standard InChI is InChI=1S/C13H12FNO3/c1-3-10-11(13(16)17)18-12(15-10)8-5-4-7(2)6-9(8)14/h4-6H,3H2,1-2H3,(H,16,17). The summed E-state index contributed by atoms with van der Waals surface area (Å²) in [6.07, 6.45) is 0.415. The van der Waals surface area contributed by atoms with Gasteiger partial charge >= 0.3 is 5.97 Å². The number of carbonyl (C=O) groups is 1. The molecule has 0 aliphatic carbocycles. The number of carboxylic acid groups (broad SMARTS) is 1. The molecule has 4 nitrogen and oxygen atoms in total. The molecule has 0 radical (unpaired) electrons. The van der Waals surface area contributed by atoms with Crippen LogP contribution in [-0.4, -0.2) is 16.1 Å². The van der Waals surface area contributed by atoms with Gasteiger partial charge in [0.15, 0.2) is 0 Å². The zero-order valence-corrected chi connectivity index (χ0v) is 10.0. The van der Waals surface area contributed by atoms with Gasteiger partial charge in [0.25, 0.3) is 0 Å². The van der Waals surface area contributed by atoms with Gasteiger partial charge in [-0.25, -0.2) is 14.2 Å². The van der Waals surface area contributed by atoms with Gasteiger partial charge in [0.05, 0.1) is 11.3 Å². The Balaban J connectivity index is 2.54. The third-order valence-electron chi connectivity index (χ3n) is 2.58. The average molecular weight is 249 g/mol. The van der Waals surface area contributed by atoms with E-state index in [0.717, 1.165) is 5.56 Å². The first kappa shape index (κ1) is 12.3. The minimum atomic E-state index is -1.20. The van der Waals surface area contributed by atoms with E-state index in [9.17, 15) is 9.18 Å². The van der Waals surface area contributed by atoms with Crippen LogP contribution in [0.25, 0.3) is 11.5 Å². The first-order valence-electron chi connectivity index (χ1n) is 5.52. The maximum absolute atomic E-state index is 13.7. The average Bonchev–Trinajstić information content (AvgIpc) is 2.73. The number of aromatic carboxylic acids is 1. The number of hydrogen-bond acceptors (Lipinski definition) is 3. The Labute approximate surface area is 103 Å². The highest BCUT2D eigenvalue weighted by Gasteiger charge is 2.20. The molecular formula is C13H12FNO3. The molecule has 0 saturated heterocycles. The summed E-state index contributed by atoms with van der Waals surface area (Å²) < 4.78 is 18.9. The number of aromatic nitrogens is 1. The van der Waals surface area contributed by atoms with E-state index in [1.165, 1.54) is 12.1 Å². The van der Waals surface area contributed by atoms with Crippen LogP contribution in [0.15, 0.2) is 22.6 Å². The van der Waals surface area contributed by atoms with Gasteiger partial charge in [0, 0.05) is 0 Å². The van der Waals surface area contributed by atoms with Gasteiger partial charge in [0.1, 0.15) is 5.82 Å². The fourth-order valence-electron chi connectivity index (χ4n) is 1.67. The molecule has 0 aliphatic heterocycles. The summed E-state index contributed by atoms with van der Waals surface area (Å²) in [6.45, 7) is 3.53. The van der Waals surface area contributed by atoms with Crippen LogP contribution in [0.2, 0.25) is 0 Å². The number of aryl methyl sites for hydroxylation is 2. The van der Waals surface area contributed by atoms with E-state index in [0.29, 0.717) is 12.1 Å². The van der Waals surface area contributed by atoms with E-state index < -0.39 is 11.8 Å². The number of hydrogen-bond donors (Lipinski definition) is 1. The molecule has 0 aliphatic rings. The number of benzene rings is 1. The summed E-state index contributed by atoms with van der Waals surface area (Å²) in [7, 11) is 0. The minimum absolute atomic E-state index is 0.00162. The molecule has 1 N–H and O–H groups in total. The van der Waals surface area contributed by atoms with Crippen molar-refractivity contribution in [3.05, 3.63) is 41.0 Å². The van der Waals surface area contributed by atoms with E-state index in [-0.39, 0.29) is 17.2 Å². The summed E-state index contributed by atoms with van der Waals surface area (Å²) >= 11 is 0. The maximum atomic E-state index is 13.7. The lowest BCUT2D eigenvalue weighted by Gasteiger charge is -1.99. The van der Waals surface area contributed by atoms with Crippen LogP contribution in [0, 0.1) is 12.7 Å². The molecule has 0 bridgehead atoms. The maximum Gasteiger partial charge on any atom is 0.373 e. The second kappa shape index (κ2) is 4.60. The smallest absolute Gasteiger partial charge is 0.373 e. The third kappa shape index (κ3) is 2.11. The Bertz CT molecular complexity index is 604. The van der Waals surface area contributed by atoms with Crippen molar-refractivity contribution in [2.45, 2.75) is 20.3 Å². The third-order valence-corrected chi connectivity index (χ3v) is 2.58. The van der Waals surface area contributed by atoms with Crippen LogP contribution in [0.1, 0.15) is 28.7 Å². The molecule has 1 heterocycles. The van der Waals surface area contributed by atoms with Crippen molar-refractivity contribution in [1.29, 1.82) is 0 Å². The first-order chi connectivity index (χ1) is 8.52. The van der Waals surface area contributed by atoms with Crippen molar-refractivity contribution in [2.75, 3.05) is 0 Å². The zero-order valence-electron chi connectivity index (χ0n) is 10.0. The van der Waals surface area contributed by atoms with Crippen LogP contribution in [0.5, 0.6) is 0 Å². The molecule has 2 rings (SSSR count).